The first kappa shape index (κ1) is 12.2. The topological polar surface area (TPSA) is 9.23 Å². The van der Waals surface area contributed by atoms with Gasteiger partial charge < -0.3 is 4.74 Å². The van der Waals surface area contributed by atoms with E-state index in [4.69, 9.17) is 4.74 Å². The Hall–Kier alpha value is -1.28. The molecule has 0 radical (unpaired) electrons. The summed E-state index contributed by atoms with van der Waals surface area (Å²) in [4.78, 5) is 0. The molecule has 0 heterocycles. The van der Waals surface area contributed by atoms with Gasteiger partial charge in [-0.1, -0.05) is 34.1 Å². The lowest BCUT2D eigenvalue weighted by Gasteiger charge is -2.08. The zero-order valence-corrected chi connectivity index (χ0v) is 11.6. The van der Waals surface area contributed by atoms with Gasteiger partial charge in [-0.2, -0.15) is 0 Å². The highest BCUT2D eigenvalue weighted by Gasteiger charge is 1.99. The molecule has 0 saturated carbocycles. The molecule has 0 N–H and O–H groups in total. The second-order valence-corrected chi connectivity index (χ2v) is 4.69. The van der Waals surface area contributed by atoms with Crippen molar-refractivity contribution < 1.29 is 4.74 Å². The molecule has 0 fully saturated rings. The summed E-state index contributed by atoms with van der Waals surface area (Å²) in [5.41, 5.74) is 3.78. The van der Waals surface area contributed by atoms with Crippen molar-refractivity contribution in [3.63, 3.8) is 0 Å². The number of halogens is 1. The summed E-state index contributed by atoms with van der Waals surface area (Å²) >= 11 is 3.43. The third-order valence-corrected chi connectivity index (χ3v) is 3.44. The van der Waals surface area contributed by atoms with E-state index in [0.717, 1.165) is 16.8 Å². The lowest BCUT2D eigenvalue weighted by atomic mass is 10.1. The Labute approximate surface area is 111 Å². The molecule has 0 aliphatic heterocycles. The molecule has 17 heavy (non-hydrogen) atoms. The first-order valence-corrected chi connectivity index (χ1v) is 6.71. The van der Waals surface area contributed by atoms with Crippen molar-refractivity contribution >= 4 is 15.9 Å². The largest absolute Gasteiger partial charge is 0.457 e. The van der Waals surface area contributed by atoms with Crippen LogP contribution in [-0.2, 0) is 5.33 Å². The van der Waals surface area contributed by atoms with Gasteiger partial charge in [0.1, 0.15) is 11.5 Å². The molecule has 0 unspecified atom stereocenters. The van der Waals surface area contributed by atoms with Crippen LogP contribution in [0.25, 0.3) is 0 Å². The Morgan fingerprint density at radius 2 is 1.53 bits per heavy atom. The SMILES string of the molecule is Cc1ccc(Oc2ccc(CBr)cc2)cc1C. The molecule has 2 aromatic carbocycles. The van der Waals surface area contributed by atoms with Crippen LogP contribution in [-0.4, -0.2) is 0 Å². The molecule has 0 saturated heterocycles. The quantitative estimate of drug-likeness (QED) is 0.724. The molecule has 88 valence electrons. The van der Waals surface area contributed by atoms with E-state index in [9.17, 15) is 0 Å². The minimum absolute atomic E-state index is 0.872. The summed E-state index contributed by atoms with van der Waals surface area (Å²) in [6.45, 7) is 4.19. The van der Waals surface area contributed by atoms with Crippen molar-refractivity contribution in [2.45, 2.75) is 19.2 Å². The molecule has 0 aromatic heterocycles. The monoisotopic (exact) mass is 290 g/mol. The number of ether oxygens (including phenoxy) is 1. The highest BCUT2D eigenvalue weighted by molar-refractivity contribution is 9.08. The molecular weight excluding hydrogens is 276 g/mol. The van der Waals surface area contributed by atoms with Crippen LogP contribution in [0.2, 0.25) is 0 Å². The zero-order valence-electron chi connectivity index (χ0n) is 10.0. The predicted octanol–water partition coefficient (Wildman–Crippen LogP) is 4.99. The Morgan fingerprint density at radius 3 is 2.12 bits per heavy atom. The van der Waals surface area contributed by atoms with Gasteiger partial charge in [-0.15, -0.1) is 0 Å². The Bertz CT molecular complexity index is 503. The van der Waals surface area contributed by atoms with Crippen molar-refractivity contribution in [2.75, 3.05) is 0 Å². The Morgan fingerprint density at radius 1 is 0.882 bits per heavy atom. The lowest BCUT2D eigenvalue weighted by Crippen LogP contribution is -1.87. The zero-order chi connectivity index (χ0) is 12.3. The number of rotatable bonds is 3. The third kappa shape index (κ3) is 3.10. The minimum Gasteiger partial charge on any atom is -0.457 e. The third-order valence-electron chi connectivity index (χ3n) is 2.79. The summed E-state index contributed by atoms with van der Waals surface area (Å²) in [6.07, 6.45) is 0. The molecule has 2 aromatic rings. The lowest BCUT2D eigenvalue weighted by molar-refractivity contribution is 0.482. The summed E-state index contributed by atoms with van der Waals surface area (Å²) in [5.74, 6) is 1.76. The average molecular weight is 291 g/mol. The highest BCUT2D eigenvalue weighted by Crippen LogP contribution is 2.24. The summed E-state index contributed by atoms with van der Waals surface area (Å²) in [5, 5.41) is 0.872. The number of alkyl halides is 1. The molecule has 2 heteroatoms. The molecule has 0 amide bonds. The minimum atomic E-state index is 0.872. The molecular formula is C15H15BrO. The van der Waals surface area contributed by atoms with E-state index in [1.807, 2.05) is 18.2 Å². The first-order chi connectivity index (χ1) is 8.19. The van der Waals surface area contributed by atoms with Gasteiger partial charge >= 0.3 is 0 Å². The Kier molecular flexibility index (Phi) is 3.85. The summed E-state index contributed by atoms with van der Waals surface area (Å²) in [7, 11) is 0. The van der Waals surface area contributed by atoms with Crippen molar-refractivity contribution in [3.05, 3.63) is 59.2 Å². The van der Waals surface area contributed by atoms with Gasteiger partial charge in [-0.25, -0.2) is 0 Å². The van der Waals surface area contributed by atoms with Crippen LogP contribution in [0.5, 0.6) is 11.5 Å². The first-order valence-electron chi connectivity index (χ1n) is 5.59. The van der Waals surface area contributed by atoms with Crippen LogP contribution in [0, 0.1) is 13.8 Å². The standard InChI is InChI=1S/C15H15BrO/c1-11-3-6-15(9-12(11)2)17-14-7-4-13(10-16)5-8-14/h3-9H,10H2,1-2H3. The highest BCUT2D eigenvalue weighted by atomic mass is 79.9. The van der Waals surface area contributed by atoms with E-state index < -0.39 is 0 Å². The van der Waals surface area contributed by atoms with Crippen LogP contribution in [0.3, 0.4) is 0 Å². The predicted molar refractivity (Wildman–Crippen MR) is 75.1 cm³/mol. The van der Waals surface area contributed by atoms with E-state index in [1.165, 1.54) is 16.7 Å². The van der Waals surface area contributed by atoms with Gasteiger partial charge in [-0.3, -0.25) is 0 Å². The van der Waals surface area contributed by atoms with E-state index in [1.54, 1.807) is 0 Å². The number of hydrogen-bond donors (Lipinski definition) is 0. The normalized spacial score (nSPS) is 10.3. The summed E-state index contributed by atoms with van der Waals surface area (Å²) in [6, 6.07) is 14.2. The molecule has 0 spiro atoms. The maximum Gasteiger partial charge on any atom is 0.127 e. The fourth-order valence-corrected chi connectivity index (χ4v) is 1.93. The fraction of sp³-hybridized carbons (Fsp3) is 0.200. The smallest absolute Gasteiger partial charge is 0.127 e. The molecule has 0 aliphatic carbocycles. The Balaban J connectivity index is 2.16. The molecule has 1 nitrogen and oxygen atoms in total. The maximum atomic E-state index is 5.80. The molecule has 0 aliphatic rings. The van der Waals surface area contributed by atoms with Crippen molar-refractivity contribution in [1.29, 1.82) is 0 Å². The van der Waals surface area contributed by atoms with E-state index in [-0.39, 0.29) is 0 Å². The van der Waals surface area contributed by atoms with Gasteiger partial charge in [0.2, 0.25) is 0 Å². The number of hydrogen-bond acceptors (Lipinski definition) is 1. The van der Waals surface area contributed by atoms with Gasteiger partial charge in [0.05, 0.1) is 0 Å². The van der Waals surface area contributed by atoms with Gasteiger partial charge in [0.15, 0.2) is 0 Å². The fourth-order valence-electron chi connectivity index (χ4n) is 1.56. The van der Waals surface area contributed by atoms with Crippen molar-refractivity contribution in [3.8, 4) is 11.5 Å². The van der Waals surface area contributed by atoms with Crippen molar-refractivity contribution in [2.24, 2.45) is 0 Å². The van der Waals surface area contributed by atoms with Crippen LogP contribution in [0.15, 0.2) is 42.5 Å². The summed E-state index contributed by atoms with van der Waals surface area (Å²) < 4.78 is 5.80. The van der Waals surface area contributed by atoms with E-state index >= 15 is 0 Å². The van der Waals surface area contributed by atoms with Crippen LogP contribution >= 0.6 is 15.9 Å². The van der Waals surface area contributed by atoms with Crippen LogP contribution < -0.4 is 4.74 Å². The molecule has 0 bridgehead atoms. The van der Waals surface area contributed by atoms with Crippen LogP contribution in [0.1, 0.15) is 16.7 Å². The number of benzene rings is 2. The second kappa shape index (κ2) is 5.37. The second-order valence-electron chi connectivity index (χ2n) is 4.13. The van der Waals surface area contributed by atoms with Crippen LogP contribution in [0.4, 0.5) is 0 Å². The van der Waals surface area contributed by atoms with E-state index in [2.05, 4.69) is 54.0 Å². The number of aryl methyl sites for hydroxylation is 2. The average Bonchev–Trinajstić information content (AvgIpc) is 2.35. The molecule has 0 atom stereocenters. The van der Waals surface area contributed by atoms with Gasteiger partial charge in [0.25, 0.3) is 0 Å². The maximum absolute atomic E-state index is 5.80. The van der Waals surface area contributed by atoms with Gasteiger partial charge in [-0.05, 0) is 54.8 Å². The van der Waals surface area contributed by atoms with Gasteiger partial charge in [0, 0.05) is 5.33 Å². The van der Waals surface area contributed by atoms with Crippen molar-refractivity contribution in [1.82, 2.24) is 0 Å². The molecule has 2 rings (SSSR count). The van der Waals surface area contributed by atoms with E-state index in [0.29, 0.717) is 0 Å².